The molecule has 0 bridgehead atoms. The van der Waals surface area contributed by atoms with Gasteiger partial charge in [-0.2, -0.15) is 0 Å². The van der Waals surface area contributed by atoms with Crippen molar-refractivity contribution in [2.24, 2.45) is 0 Å². The Morgan fingerprint density at radius 1 is 0.343 bits per heavy atom. The zero-order chi connectivity index (χ0) is 50.2. The lowest BCUT2D eigenvalue weighted by Crippen LogP contribution is -2.15. The quantitative estimate of drug-likeness (QED) is 0.128. The Morgan fingerprint density at radius 2 is 0.614 bits per heavy atom. The Bertz CT molecular complexity index is 3350. The van der Waals surface area contributed by atoms with E-state index in [9.17, 15) is 10.1 Å². The second kappa shape index (κ2) is 17.4. The average molecular weight is 922 g/mol. The van der Waals surface area contributed by atoms with E-state index in [1.54, 1.807) is 19.2 Å². The number of nitro groups is 1. The van der Waals surface area contributed by atoms with Gasteiger partial charge in [0.25, 0.3) is 5.69 Å². The van der Waals surface area contributed by atoms with Crippen LogP contribution in [0.1, 0.15) is 128 Å². The molecule has 4 aliphatic rings. The summed E-state index contributed by atoms with van der Waals surface area (Å²) >= 11 is 0. The largest absolute Gasteiger partial charge is 0.497 e. The topological polar surface area (TPSA) is 52.4 Å². The van der Waals surface area contributed by atoms with Crippen LogP contribution in [0.4, 0.5) is 5.69 Å². The van der Waals surface area contributed by atoms with Gasteiger partial charge >= 0.3 is 0 Å². The van der Waals surface area contributed by atoms with Gasteiger partial charge in [0.15, 0.2) is 0 Å². The second-order valence-electron chi connectivity index (χ2n) is 22.2. The summed E-state index contributed by atoms with van der Waals surface area (Å²) in [5.74, 6) is 0.936. The smallest absolute Gasteiger partial charge is 0.269 e. The zero-order valence-corrected chi connectivity index (χ0v) is 43.6. The maximum absolute atomic E-state index is 10.9. The highest BCUT2D eigenvalue weighted by Crippen LogP contribution is 2.53. The van der Waals surface area contributed by atoms with Crippen molar-refractivity contribution in [3.63, 3.8) is 0 Å². The van der Waals surface area contributed by atoms with Gasteiger partial charge in [0.1, 0.15) is 5.75 Å². The van der Waals surface area contributed by atoms with Crippen LogP contribution < -0.4 is 4.74 Å². The zero-order valence-electron chi connectivity index (χ0n) is 43.6. The van der Waals surface area contributed by atoms with E-state index in [1.807, 2.05) is 12.1 Å². The maximum atomic E-state index is 10.9. The van der Waals surface area contributed by atoms with Gasteiger partial charge < -0.3 is 4.74 Å². The Kier molecular flexibility index (Phi) is 11.9. The fourth-order valence-electron chi connectivity index (χ4n) is 11.7. The third-order valence-electron chi connectivity index (χ3n) is 15.8. The van der Waals surface area contributed by atoms with E-state index in [0.29, 0.717) is 0 Å². The number of ether oxygens (including phenoxy) is 1. The van der Waals surface area contributed by atoms with Gasteiger partial charge in [0.2, 0.25) is 0 Å². The molecule has 0 saturated carbocycles. The van der Waals surface area contributed by atoms with Crippen LogP contribution in [0.3, 0.4) is 0 Å². The van der Waals surface area contributed by atoms with Crippen molar-refractivity contribution in [3.05, 3.63) is 234 Å². The van der Waals surface area contributed by atoms with Gasteiger partial charge in [-0.25, -0.2) is 0 Å². The molecule has 0 aliphatic heterocycles. The lowest BCUT2D eigenvalue weighted by atomic mass is 9.81. The molecule has 12 rings (SSSR count). The first-order chi connectivity index (χ1) is 33.0. The van der Waals surface area contributed by atoms with Gasteiger partial charge in [0, 0.05) is 33.8 Å². The molecule has 4 aliphatic carbocycles. The van der Waals surface area contributed by atoms with E-state index in [1.165, 1.54) is 106 Å². The lowest BCUT2D eigenvalue weighted by molar-refractivity contribution is -0.384. The van der Waals surface area contributed by atoms with Crippen molar-refractivity contribution >= 4 is 5.69 Å². The number of nitro benzene ring substituents is 1. The van der Waals surface area contributed by atoms with Crippen LogP contribution in [0, 0.1) is 44.7 Å². The van der Waals surface area contributed by atoms with Crippen LogP contribution in [0.5, 0.6) is 5.75 Å². The van der Waals surface area contributed by atoms with Crippen LogP contribution in [0.2, 0.25) is 0 Å². The predicted molar refractivity (Wildman–Crippen MR) is 293 cm³/mol. The van der Waals surface area contributed by atoms with Gasteiger partial charge in [-0.05, 0) is 142 Å². The molecule has 0 radical (unpaired) electrons. The number of aryl methyl sites for hydroxylation is 5. The van der Waals surface area contributed by atoms with E-state index in [4.69, 9.17) is 4.74 Å². The predicted octanol–water partition coefficient (Wildman–Crippen LogP) is 17.4. The standard InChI is InChI=1S/C17H18O.C17H18.C16H15NO2.C16H16/c1-11-5-7-13-14-8-6-12(18-4)10-16(14)17(2,3)15(13)9-11;1-11-5-7-13-14-8-6-12(2)10-16(14)17(3,4)15(13)9-11;1-10-4-6-12-13-7-5-11(17(18)19)9-15(13)16(2,3)14(12)8-10;1-11-8-9-13-12-6-4-5-7-14(12)16(2,3)15(13)10-11/h5-10H,1-4H3;5-10H,1-4H3;4-9H,1-3H3;4-10H,1-3H3. The Hall–Kier alpha value is -7.04. The molecule has 4 heteroatoms. The van der Waals surface area contributed by atoms with Crippen LogP contribution >= 0.6 is 0 Å². The van der Waals surface area contributed by atoms with Gasteiger partial charge in [-0.3, -0.25) is 10.1 Å². The van der Waals surface area contributed by atoms with Crippen molar-refractivity contribution in [1.82, 2.24) is 0 Å². The minimum Gasteiger partial charge on any atom is -0.497 e. The number of methoxy groups -OCH3 is 1. The SMILES string of the molecule is COc1ccc2c(c1)C(C)(C)c1cc(C)ccc1-2.Cc1ccc2c(c1)C(C)(C)c1cc(C)ccc1-2.Cc1ccc2c(c1)C(C)(C)c1cc([N+](=O)[O-])ccc1-2.Cc1ccc2c(c1)C(C)(C)c1ccccc1-2. The molecule has 4 nitrogen and oxygen atoms in total. The molecule has 0 unspecified atom stereocenters. The summed E-state index contributed by atoms with van der Waals surface area (Å²) in [6.07, 6.45) is 0. The molecule has 0 aromatic heterocycles. The first-order valence-corrected chi connectivity index (χ1v) is 24.7. The third-order valence-corrected chi connectivity index (χ3v) is 15.8. The van der Waals surface area contributed by atoms with Crippen molar-refractivity contribution in [3.8, 4) is 50.3 Å². The number of rotatable bonds is 2. The third kappa shape index (κ3) is 8.05. The summed E-state index contributed by atoms with van der Waals surface area (Å²) in [5, 5.41) is 10.9. The molecule has 0 spiro atoms. The van der Waals surface area contributed by atoms with Gasteiger partial charge in [-0.15, -0.1) is 0 Å². The molecule has 8 aromatic rings. The molecule has 0 atom stereocenters. The van der Waals surface area contributed by atoms with E-state index in [2.05, 4.69) is 217 Å². The number of benzene rings is 8. The number of non-ortho nitro benzene ring substituents is 1. The van der Waals surface area contributed by atoms with Crippen molar-refractivity contribution in [2.75, 3.05) is 7.11 Å². The number of fused-ring (bicyclic) bond motifs is 12. The maximum Gasteiger partial charge on any atom is 0.269 e. The second-order valence-corrected chi connectivity index (χ2v) is 22.2. The van der Waals surface area contributed by atoms with Gasteiger partial charge in [0.05, 0.1) is 12.0 Å². The van der Waals surface area contributed by atoms with E-state index < -0.39 is 0 Å². The van der Waals surface area contributed by atoms with Crippen LogP contribution in [0.15, 0.2) is 152 Å². The van der Waals surface area contributed by atoms with E-state index >= 15 is 0 Å². The normalized spacial score (nSPS) is 15.3. The van der Waals surface area contributed by atoms with Crippen LogP contribution in [-0.4, -0.2) is 12.0 Å². The highest BCUT2D eigenvalue weighted by Gasteiger charge is 2.39. The Morgan fingerprint density at radius 3 is 0.957 bits per heavy atom. The molecule has 0 fully saturated rings. The van der Waals surface area contributed by atoms with Crippen molar-refractivity contribution in [1.29, 1.82) is 0 Å². The summed E-state index contributed by atoms with van der Waals surface area (Å²) in [6.45, 7) is 28.9. The molecule has 70 heavy (non-hydrogen) atoms. The van der Waals surface area contributed by atoms with E-state index in [0.717, 1.165) is 16.9 Å². The highest BCUT2D eigenvalue weighted by atomic mass is 16.6. The fourth-order valence-corrected chi connectivity index (χ4v) is 11.7. The van der Waals surface area contributed by atoms with E-state index in [-0.39, 0.29) is 32.3 Å². The molecule has 354 valence electrons. The first-order valence-electron chi connectivity index (χ1n) is 24.7. The minimum atomic E-state index is -0.329. The highest BCUT2D eigenvalue weighted by molar-refractivity contribution is 5.84. The molecule has 0 heterocycles. The Balaban J connectivity index is 0.000000116. The summed E-state index contributed by atoms with van der Waals surface area (Å²) in [6, 6.07) is 53.9. The molecule has 8 aromatic carbocycles. The summed E-state index contributed by atoms with van der Waals surface area (Å²) in [7, 11) is 1.72. The molecule has 0 N–H and O–H groups in total. The molecular weight excluding hydrogens is 855 g/mol. The monoisotopic (exact) mass is 922 g/mol. The summed E-state index contributed by atoms with van der Waals surface area (Å²) in [4.78, 5) is 10.6. The summed E-state index contributed by atoms with van der Waals surface area (Å²) < 4.78 is 5.36. The van der Waals surface area contributed by atoms with Crippen LogP contribution in [-0.2, 0) is 21.7 Å². The van der Waals surface area contributed by atoms with Crippen molar-refractivity contribution in [2.45, 2.75) is 112 Å². The molecule has 0 amide bonds. The lowest BCUT2D eigenvalue weighted by Gasteiger charge is -2.22. The first kappa shape index (κ1) is 48.0. The van der Waals surface area contributed by atoms with Crippen molar-refractivity contribution < 1.29 is 9.66 Å². The minimum absolute atomic E-state index is 0.0607. The average Bonchev–Trinajstić information content (AvgIpc) is 3.88. The summed E-state index contributed by atoms with van der Waals surface area (Å²) in [5.41, 5.74) is 28.5. The Labute approximate surface area is 416 Å². The fraction of sp³-hybridized carbons (Fsp3) is 0.273. The number of nitrogens with zero attached hydrogens (tertiary/aromatic N) is 1. The number of hydrogen-bond donors (Lipinski definition) is 0. The van der Waals surface area contributed by atoms with Gasteiger partial charge in [-0.1, -0.05) is 205 Å². The number of hydrogen-bond acceptors (Lipinski definition) is 3. The molecular formula is C66H67NO3. The van der Waals surface area contributed by atoms with Crippen LogP contribution in [0.25, 0.3) is 44.5 Å². The molecule has 0 saturated heterocycles.